The lowest BCUT2D eigenvalue weighted by atomic mass is 9.98. The van der Waals surface area contributed by atoms with E-state index in [4.69, 9.17) is 4.74 Å². The summed E-state index contributed by atoms with van der Waals surface area (Å²) < 4.78 is 5.88. The van der Waals surface area contributed by atoms with Gasteiger partial charge in [0.25, 0.3) is 0 Å². The van der Waals surface area contributed by atoms with Crippen LogP contribution in [0.4, 0.5) is 4.79 Å². The Bertz CT molecular complexity index is 837. The van der Waals surface area contributed by atoms with Crippen LogP contribution in [0.1, 0.15) is 108 Å². The maximum atomic E-state index is 13.1. The monoisotopic (exact) mass is 493 g/mol. The van der Waals surface area contributed by atoms with E-state index in [2.05, 4.69) is 73.2 Å². The number of hydrogen-bond acceptors (Lipinski definition) is 4. The van der Waals surface area contributed by atoms with Crippen LogP contribution in [0.2, 0.25) is 0 Å². The van der Waals surface area contributed by atoms with Crippen molar-refractivity contribution in [2.45, 2.75) is 96.8 Å². The van der Waals surface area contributed by atoms with Crippen LogP contribution in [-0.4, -0.2) is 30.9 Å². The second-order valence-electron chi connectivity index (χ2n) is 9.99. The molecule has 0 saturated carbocycles. The van der Waals surface area contributed by atoms with Crippen LogP contribution in [0.15, 0.2) is 48.5 Å². The number of carbonyl (C=O) groups is 1. The molecule has 2 aromatic rings. The van der Waals surface area contributed by atoms with Crippen molar-refractivity contribution in [2.75, 3.05) is 19.7 Å². The Labute approximate surface area is 218 Å². The van der Waals surface area contributed by atoms with Crippen LogP contribution in [0.3, 0.4) is 0 Å². The van der Waals surface area contributed by atoms with Crippen LogP contribution in [0.25, 0.3) is 11.1 Å². The lowest BCUT2D eigenvalue weighted by Crippen LogP contribution is -2.52. The molecule has 0 saturated heterocycles. The summed E-state index contributed by atoms with van der Waals surface area (Å²) in [5.41, 5.74) is 11.5. The third-order valence-electron chi connectivity index (χ3n) is 7.12. The van der Waals surface area contributed by atoms with Crippen molar-refractivity contribution in [3.05, 3.63) is 59.7 Å². The van der Waals surface area contributed by atoms with E-state index in [-0.39, 0.29) is 12.0 Å². The van der Waals surface area contributed by atoms with Gasteiger partial charge in [0.2, 0.25) is 0 Å². The van der Waals surface area contributed by atoms with Gasteiger partial charge in [0.05, 0.1) is 0 Å². The number of carbonyl (C=O) groups excluding carboxylic acids is 1. The first kappa shape index (κ1) is 28.2. The molecule has 0 heterocycles. The van der Waals surface area contributed by atoms with E-state index in [1.54, 1.807) is 0 Å². The Hall–Kier alpha value is -2.37. The molecular formula is C31H47N3O2. The zero-order valence-electron chi connectivity index (χ0n) is 22.6. The highest BCUT2D eigenvalue weighted by Gasteiger charge is 2.29. The van der Waals surface area contributed by atoms with Crippen molar-refractivity contribution in [2.24, 2.45) is 0 Å². The normalized spacial score (nSPS) is 12.4. The first-order chi connectivity index (χ1) is 17.8. The van der Waals surface area contributed by atoms with E-state index in [0.29, 0.717) is 6.61 Å². The van der Waals surface area contributed by atoms with Gasteiger partial charge in [-0.3, -0.25) is 0 Å². The Morgan fingerprint density at radius 1 is 0.694 bits per heavy atom. The summed E-state index contributed by atoms with van der Waals surface area (Å²) in [7, 11) is 0. The van der Waals surface area contributed by atoms with Crippen molar-refractivity contribution in [3.8, 4) is 11.1 Å². The van der Waals surface area contributed by atoms with E-state index in [9.17, 15) is 4.79 Å². The highest BCUT2D eigenvalue weighted by atomic mass is 16.6. The summed E-state index contributed by atoms with van der Waals surface area (Å²) in [5.74, 6) is 0.0698. The van der Waals surface area contributed by atoms with Crippen molar-refractivity contribution in [3.63, 3.8) is 0 Å². The number of ether oxygens (including phenoxy) is 1. The van der Waals surface area contributed by atoms with Crippen LogP contribution in [-0.2, 0) is 4.74 Å². The van der Waals surface area contributed by atoms with Gasteiger partial charge < -0.3 is 4.74 Å². The van der Waals surface area contributed by atoms with Crippen LogP contribution in [0, 0.1) is 0 Å². The molecule has 0 unspecified atom stereocenters. The van der Waals surface area contributed by atoms with Gasteiger partial charge in [0.15, 0.2) is 0 Å². The topological polar surface area (TPSA) is 53.6 Å². The zero-order valence-corrected chi connectivity index (χ0v) is 22.6. The fraction of sp³-hybridized carbons (Fsp3) is 0.581. The number of nitrogens with zero attached hydrogens (tertiary/aromatic N) is 1. The molecule has 0 radical (unpaired) electrons. The standard InChI is InChI=1S/C31H47N3O2/c1-3-5-7-9-11-17-23-32-34(33-24-18-12-10-8-6-4-2)31(35)36-25-30-28-21-15-13-19-26(28)27-20-14-16-22-29(27)30/h13-16,19-22,30,32-33H,3-12,17-18,23-25H2,1-2H3. The second-order valence-corrected chi connectivity index (χ2v) is 9.99. The molecular weight excluding hydrogens is 446 g/mol. The molecule has 0 fully saturated rings. The van der Waals surface area contributed by atoms with E-state index < -0.39 is 0 Å². The summed E-state index contributed by atoms with van der Waals surface area (Å²) in [6.45, 7) is 6.34. The van der Waals surface area contributed by atoms with E-state index in [0.717, 1.165) is 25.9 Å². The number of benzene rings is 2. The number of unbranched alkanes of at least 4 members (excludes halogenated alkanes) is 10. The van der Waals surface area contributed by atoms with Gasteiger partial charge >= 0.3 is 6.09 Å². The fourth-order valence-corrected chi connectivity index (χ4v) is 5.04. The molecule has 0 bridgehead atoms. The number of rotatable bonds is 18. The van der Waals surface area contributed by atoms with Crippen LogP contribution < -0.4 is 10.9 Å². The van der Waals surface area contributed by atoms with Gasteiger partial charge in [-0.05, 0) is 35.1 Å². The first-order valence-corrected chi connectivity index (χ1v) is 14.4. The second kappa shape index (κ2) is 16.4. The first-order valence-electron chi connectivity index (χ1n) is 14.4. The lowest BCUT2D eigenvalue weighted by Gasteiger charge is -2.24. The molecule has 1 aliphatic carbocycles. The highest BCUT2D eigenvalue weighted by Crippen LogP contribution is 2.44. The van der Waals surface area contributed by atoms with Crippen molar-refractivity contribution < 1.29 is 9.53 Å². The van der Waals surface area contributed by atoms with Gasteiger partial charge in [-0.1, -0.05) is 127 Å². The minimum atomic E-state index is -0.353. The SMILES string of the molecule is CCCCCCCCNN(NCCCCCCCC)C(=O)OCC1c2ccccc2-c2ccccc21. The quantitative estimate of drug-likeness (QED) is 0.163. The number of hydrogen-bond donors (Lipinski definition) is 2. The summed E-state index contributed by atoms with van der Waals surface area (Å²) in [5, 5.41) is 1.49. The predicted octanol–water partition coefficient (Wildman–Crippen LogP) is 7.97. The van der Waals surface area contributed by atoms with Gasteiger partial charge in [-0.15, -0.1) is 0 Å². The van der Waals surface area contributed by atoms with E-state index in [1.165, 1.54) is 91.6 Å². The highest BCUT2D eigenvalue weighted by molar-refractivity contribution is 5.79. The molecule has 2 aromatic carbocycles. The largest absolute Gasteiger partial charge is 0.446 e. The zero-order chi connectivity index (χ0) is 25.4. The number of nitrogens with one attached hydrogen (secondary N) is 2. The fourth-order valence-electron chi connectivity index (χ4n) is 5.04. The molecule has 1 aliphatic rings. The Balaban J connectivity index is 1.51. The molecule has 36 heavy (non-hydrogen) atoms. The molecule has 0 atom stereocenters. The van der Waals surface area contributed by atoms with Crippen LogP contribution in [0.5, 0.6) is 0 Å². The number of fused-ring (bicyclic) bond motifs is 3. The number of amides is 1. The third kappa shape index (κ3) is 8.63. The molecule has 3 rings (SSSR count). The molecule has 198 valence electrons. The van der Waals surface area contributed by atoms with E-state index in [1.807, 2.05) is 0 Å². The Kier molecular flexibility index (Phi) is 12.8. The van der Waals surface area contributed by atoms with Crippen molar-refractivity contribution >= 4 is 6.09 Å². The summed E-state index contributed by atoms with van der Waals surface area (Å²) in [6, 6.07) is 16.9. The average Bonchev–Trinajstić information content (AvgIpc) is 3.23. The van der Waals surface area contributed by atoms with Gasteiger partial charge in [-0.25, -0.2) is 15.6 Å². The molecule has 0 aliphatic heterocycles. The molecule has 0 aromatic heterocycles. The van der Waals surface area contributed by atoms with Gasteiger partial charge in [0, 0.05) is 19.0 Å². The van der Waals surface area contributed by atoms with Gasteiger partial charge in [-0.2, -0.15) is 5.12 Å². The predicted molar refractivity (Wildman–Crippen MR) is 150 cm³/mol. The molecule has 1 amide bonds. The maximum absolute atomic E-state index is 13.1. The maximum Gasteiger partial charge on any atom is 0.439 e. The molecule has 2 N–H and O–H groups in total. The van der Waals surface area contributed by atoms with E-state index >= 15 is 0 Å². The molecule has 0 spiro atoms. The Morgan fingerprint density at radius 2 is 1.14 bits per heavy atom. The minimum absolute atomic E-state index is 0.0698. The molecule has 5 heteroatoms. The molecule has 5 nitrogen and oxygen atoms in total. The van der Waals surface area contributed by atoms with Crippen molar-refractivity contribution in [1.82, 2.24) is 16.0 Å². The minimum Gasteiger partial charge on any atom is -0.446 e. The van der Waals surface area contributed by atoms with Gasteiger partial charge in [0.1, 0.15) is 6.61 Å². The summed E-state index contributed by atoms with van der Waals surface area (Å²) in [4.78, 5) is 13.1. The average molecular weight is 494 g/mol. The smallest absolute Gasteiger partial charge is 0.439 e. The van der Waals surface area contributed by atoms with Crippen molar-refractivity contribution in [1.29, 1.82) is 0 Å². The lowest BCUT2D eigenvalue weighted by molar-refractivity contribution is 0.0539. The summed E-state index contributed by atoms with van der Waals surface area (Å²) in [6.07, 6.45) is 14.3. The van der Waals surface area contributed by atoms with Crippen LogP contribution >= 0.6 is 0 Å². The Morgan fingerprint density at radius 3 is 1.64 bits per heavy atom. The third-order valence-corrected chi connectivity index (χ3v) is 7.12. The number of hydrazine groups is 2. The summed E-state index contributed by atoms with van der Waals surface area (Å²) >= 11 is 0.